The molecule has 0 bridgehead atoms. The molecule has 242 valence electrons. The molecule has 0 saturated heterocycles. The maximum atomic E-state index is 13.0. The van der Waals surface area contributed by atoms with Crippen molar-refractivity contribution >= 4 is 18.0 Å². The number of carbonyl (C=O) groups is 3. The summed E-state index contributed by atoms with van der Waals surface area (Å²) in [5, 5.41) is 12.8. The average molecular weight is 599 g/mol. The van der Waals surface area contributed by atoms with Gasteiger partial charge in [0.15, 0.2) is 0 Å². The molecule has 0 spiro atoms. The Labute approximate surface area is 259 Å². The van der Waals surface area contributed by atoms with Gasteiger partial charge in [-0.05, 0) is 131 Å². The fourth-order valence-electron chi connectivity index (χ4n) is 12.4. The molecule has 2 amide bonds. The summed E-state index contributed by atoms with van der Waals surface area (Å²) in [6, 6.07) is -0.393. The lowest BCUT2D eigenvalue weighted by Gasteiger charge is -2.73. The van der Waals surface area contributed by atoms with Gasteiger partial charge in [-0.2, -0.15) is 0 Å². The Balaban J connectivity index is 1.42. The van der Waals surface area contributed by atoms with Crippen molar-refractivity contribution in [1.82, 2.24) is 5.32 Å². The van der Waals surface area contributed by atoms with E-state index < -0.39 is 23.4 Å². The number of esters is 1. The van der Waals surface area contributed by atoms with Gasteiger partial charge >= 0.3 is 18.0 Å². The van der Waals surface area contributed by atoms with Gasteiger partial charge in [-0.25, -0.2) is 4.79 Å². The molecule has 5 aliphatic carbocycles. The van der Waals surface area contributed by atoms with Crippen molar-refractivity contribution in [3.05, 3.63) is 12.2 Å². The lowest BCUT2D eigenvalue weighted by atomic mass is 9.32. The topological polar surface area (TPSA) is 119 Å². The number of nitrogens with one attached hydrogen (secondary N) is 1. The number of nitrogens with two attached hydrogens (primary N) is 1. The first-order chi connectivity index (χ1) is 19.7. The molecule has 0 heterocycles. The van der Waals surface area contributed by atoms with E-state index in [1.54, 1.807) is 13.8 Å². The van der Waals surface area contributed by atoms with E-state index in [0.29, 0.717) is 29.6 Å². The van der Waals surface area contributed by atoms with E-state index in [1.807, 2.05) is 0 Å². The third-order valence-electron chi connectivity index (χ3n) is 14.8. The molecule has 5 rings (SSSR count). The van der Waals surface area contributed by atoms with Crippen LogP contribution >= 0.6 is 0 Å². The van der Waals surface area contributed by atoms with Crippen LogP contribution in [0.4, 0.5) is 4.79 Å². The zero-order chi connectivity index (χ0) is 32.0. The minimum absolute atomic E-state index is 0.115. The van der Waals surface area contributed by atoms with Crippen LogP contribution in [-0.2, 0) is 14.3 Å². The quantitative estimate of drug-likeness (QED) is 0.216. The van der Waals surface area contributed by atoms with Crippen LogP contribution in [0.5, 0.6) is 0 Å². The molecular weight excluding hydrogens is 540 g/mol. The highest BCUT2D eigenvalue weighted by atomic mass is 16.5. The summed E-state index contributed by atoms with van der Waals surface area (Å²) < 4.78 is 6.12. The first kappa shape index (κ1) is 32.3. The summed E-state index contributed by atoms with van der Waals surface area (Å²) in [7, 11) is 0. The minimum Gasteiger partial charge on any atom is -0.481 e. The lowest BCUT2D eigenvalue weighted by molar-refractivity contribution is -0.246. The highest BCUT2D eigenvalue weighted by molar-refractivity contribution is 5.81. The van der Waals surface area contributed by atoms with Gasteiger partial charge in [-0.3, -0.25) is 9.59 Å². The number of aliphatic carboxylic acids is 1. The number of rotatable bonds is 6. The first-order valence-corrected chi connectivity index (χ1v) is 16.9. The van der Waals surface area contributed by atoms with E-state index in [9.17, 15) is 19.5 Å². The predicted octanol–water partition coefficient (Wildman–Crippen LogP) is 7.48. The van der Waals surface area contributed by atoms with Crippen molar-refractivity contribution in [2.45, 2.75) is 138 Å². The van der Waals surface area contributed by atoms with Crippen LogP contribution in [0.2, 0.25) is 0 Å². The lowest BCUT2D eigenvalue weighted by Crippen LogP contribution is -2.69. The summed E-state index contributed by atoms with van der Waals surface area (Å²) in [5.74, 6) is 0.922. The van der Waals surface area contributed by atoms with Crippen molar-refractivity contribution in [3.8, 4) is 0 Å². The Kier molecular flexibility index (Phi) is 7.70. The highest BCUT2D eigenvalue weighted by Crippen LogP contribution is 2.76. The number of urea groups is 1. The van der Waals surface area contributed by atoms with Crippen molar-refractivity contribution in [1.29, 1.82) is 0 Å². The molecule has 0 aliphatic heterocycles. The highest BCUT2D eigenvalue weighted by Gasteiger charge is 2.71. The summed E-state index contributed by atoms with van der Waals surface area (Å²) in [4.78, 5) is 36.9. The maximum Gasteiger partial charge on any atom is 0.312 e. The summed E-state index contributed by atoms with van der Waals surface area (Å²) in [6.45, 7) is 22.0. The van der Waals surface area contributed by atoms with Gasteiger partial charge in [0.25, 0.3) is 0 Å². The molecule has 5 fully saturated rings. The van der Waals surface area contributed by atoms with Crippen molar-refractivity contribution in [2.24, 2.45) is 62.4 Å². The van der Waals surface area contributed by atoms with Gasteiger partial charge in [0.05, 0.1) is 11.8 Å². The molecule has 0 aromatic rings. The number of carboxylic acid groups (broad SMARTS) is 1. The fraction of sp³-hybridized carbons (Fsp3) is 0.861. The molecule has 10 atom stereocenters. The van der Waals surface area contributed by atoms with Crippen LogP contribution in [0.25, 0.3) is 0 Å². The Morgan fingerprint density at radius 2 is 1.58 bits per heavy atom. The second kappa shape index (κ2) is 10.2. The van der Waals surface area contributed by atoms with Crippen LogP contribution in [0.1, 0.15) is 126 Å². The number of amides is 2. The van der Waals surface area contributed by atoms with E-state index >= 15 is 0 Å². The number of fused-ring (bicyclic) bond motifs is 7. The number of carbonyl (C=O) groups excluding carboxylic acids is 2. The average Bonchev–Trinajstić information content (AvgIpc) is 3.25. The molecule has 0 radical (unpaired) electrons. The molecule has 4 N–H and O–H groups in total. The molecular formula is C36H58N2O5. The zero-order valence-electron chi connectivity index (χ0n) is 28.1. The molecule has 0 aromatic carbocycles. The second-order valence-electron chi connectivity index (χ2n) is 17.5. The predicted molar refractivity (Wildman–Crippen MR) is 168 cm³/mol. The van der Waals surface area contributed by atoms with Crippen LogP contribution < -0.4 is 11.1 Å². The van der Waals surface area contributed by atoms with Crippen molar-refractivity contribution < 1.29 is 24.2 Å². The first-order valence-electron chi connectivity index (χ1n) is 16.9. The van der Waals surface area contributed by atoms with Gasteiger partial charge < -0.3 is 20.9 Å². The van der Waals surface area contributed by atoms with Crippen molar-refractivity contribution in [3.63, 3.8) is 0 Å². The number of hydrogen-bond donors (Lipinski definition) is 3. The van der Waals surface area contributed by atoms with Crippen molar-refractivity contribution in [2.75, 3.05) is 0 Å². The third kappa shape index (κ3) is 4.67. The van der Waals surface area contributed by atoms with E-state index in [-0.39, 0.29) is 39.7 Å². The number of ether oxygens (including phenoxy) is 1. The van der Waals surface area contributed by atoms with Crippen LogP contribution in [0.15, 0.2) is 12.2 Å². The third-order valence-corrected chi connectivity index (χ3v) is 14.8. The summed E-state index contributed by atoms with van der Waals surface area (Å²) in [6.07, 6.45) is 10.3. The SMILES string of the molecule is C=C(C)[C@@H]1CC[C@]2(NC(N)=O)CC[C@]3(C)[C@H](CC[C@@H]4[C@@]5(C)CC[C@H](OC(=O)CC(C)(C)C(=O)O)C(C)(C)[C@@H]5CC[C@]43C)[C@@H]12. The van der Waals surface area contributed by atoms with E-state index in [2.05, 4.69) is 53.4 Å². The van der Waals surface area contributed by atoms with Gasteiger partial charge in [-0.1, -0.05) is 46.8 Å². The monoisotopic (exact) mass is 598 g/mol. The van der Waals surface area contributed by atoms with Crippen LogP contribution in [0.3, 0.4) is 0 Å². The number of allylic oxidation sites excluding steroid dienone is 1. The Hall–Kier alpha value is -2.05. The minimum atomic E-state index is -1.14. The van der Waals surface area contributed by atoms with Crippen LogP contribution in [-0.4, -0.2) is 34.7 Å². The van der Waals surface area contributed by atoms with Crippen LogP contribution in [0, 0.1) is 56.7 Å². The Bertz CT molecular complexity index is 1190. The summed E-state index contributed by atoms with van der Waals surface area (Å²) >= 11 is 0. The molecule has 5 aliphatic rings. The van der Waals surface area contributed by atoms with E-state index in [4.69, 9.17) is 10.5 Å². The Morgan fingerprint density at radius 3 is 2.19 bits per heavy atom. The molecule has 0 aromatic heterocycles. The van der Waals surface area contributed by atoms with Gasteiger partial charge in [0.2, 0.25) is 0 Å². The Morgan fingerprint density at radius 1 is 0.907 bits per heavy atom. The molecule has 7 nitrogen and oxygen atoms in total. The summed E-state index contributed by atoms with van der Waals surface area (Å²) in [5.41, 5.74) is 5.95. The maximum absolute atomic E-state index is 13.0. The van der Waals surface area contributed by atoms with Gasteiger partial charge in [-0.15, -0.1) is 0 Å². The molecule has 43 heavy (non-hydrogen) atoms. The molecule has 5 saturated carbocycles. The molecule has 7 heteroatoms. The smallest absolute Gasteiger partial charge is 0.312 e. The fourth-order valence-corrected chi connectivity index (χ4v) is 12.4. The van der Waals surface area contributed by atoms with Gasteiger partial charge in [0.1, 0.15) is 6.10 Å². The zero-order valence-corrected chi connectivity index (χ0v) is 28.1. The standard InChI is InChI=1S/C36H58N2O5/c1-21(2)22-12-17-36(38-30(37)42)19-18-34(8)23(28(22)36)10-11-25-33(7)15-14-26(43-27(39)20-31(3,4)29(40)41)32(5,6)24(33)13-16-35(25,34)9/h22-26,28H,1,10-20H2,2-9H3,(H,40,41)(H3,37,38,42)/t22-,23+,24-,25+,26-,28+,33-,34+,35+,36-/m0/s1. The number of hydrogen-bond acceptors (Lipinski definition) is 4. The number of primary amides is 1. The van der Waals surface area contributed by atoms with E-state index in [1.165, 1.54) is 18.4 Å². The van der Waals surface area contributed by atoms with Gasteiger partial charge in [0, 0.05) is 11.0 Å². The normalized spacial score (nSPS) is 45.0. The molecule has 0 unspecified atom stereocenters. The second-order valence-corrected chi connectivity index (χ2v) is 17.5. The largest absolute Gasteiger partial charge is 0.481 e. The van der Waals surface area contributed by atoms with E-state index in [0.717, 1.165) is 51.4 Å². The number of carboxylic acids is 1.